The average Bonchev–Trinajstić information content (AvgIpc) is 3.07. The fraction of sp³-hybridized carbons (Fsp3) is 0.600. The van der Waals surface area contributed by atoms with Crippen molar-refractivity contribution in [3.63, 3.8) is 0 Å². The number of unbranched alkanes of at least 4 members (excludes halogenated alkanes) is 2. The summed E-state index contributed by atoms with van der Waals surface area (Å²) in [5.74, 6) is 1.41. The van der Waals surface area contributed by atoms with Gasteiger partial charge in [0.05, 0.1) is 16.8 Å². The lowest BCUT2D eigenvalue weighted by Crippen LogP contribution is -2.41. The molecule has 0 amide bonds. The van der Waals surface area contributed by atoms with Crippen LogP contribution in [0.15, 0.2) is 48.5 Å². The first-order valence-electron chi connectivity index (χ1n) is 13.6. The number of ether oxygens (including phenoxy) is 1. The Kier molecular flexibility index (Phi) is 8.16. The zero-order valence-electron chi connectivity index (χ0n) is 22.5. The molecule has 0 spiro atoms. The van der Waals surface area contributed by atoms with Gasteiger partial charge in [-0.05, 0) is 101 Å². The third kappa shape index (κ3) is 6.14. The SMILES string of the molecule is CCCCCC1CCC(c2ccc(C(F)(F)Oc3ccc(B4OC(C)(C)C(C)(C)O4)cc3)cc2)CC1. The Morgan fingerprint density at radius 1 is 0.861 bits per heavy atom. The number of benzene rings is 2. The van der Waals surface area contributed by atoms with E-state index < -0.39 is 24.4 Å². The molecule has 1 heterocycles. The molecule has 0 atom stereocenters. The van der Waals surface area contributed by atoms with Crippen molar-refractivity contribution < 1.29 is 22.8 Å². The second kappa shape index (κ2) is 10.8. The van der Waals surface area contributed by atoms with Crippen molar-refractivity contribution in [1.29, 1.82) is 0 Å². The maximum absolute atomic E-state index is 14.9. The van der Waals surface area contributed by atoms with Gasteiger partial charge in [0.1, 0.15) is 5.75 Å². The van der Waals surface area contributed by atoms with Crippen molar-refractivity contribution in [2.75, 3.05) is 0 Å². The van der Waals surface area contributed by atoms with Crippen LogP contribution in [0.1, 0.15) is 103 Å². The van der Waals surface area contributed by atoms with Crippen LogP contribution in [-0.4, -0.2) is 18.3 Å². The Bertz CT molecular complexity index is 964. The van der Waals surface area contributed by atoms with Crippen LogP contribution >= 0.6 is 0 Å². The highest BCUT2D eigenvalue weighted by atomic mass is 19.3. The van der Waals surface area contributed by atoms with E-state index in [1.54, 1.807) is 24.3 Å². The van der Waals surface area contributed by atoms with Crippen molar-refractivity contribution in [1.82, 2.24) is 0 Å². The van der Waals surface area contributed by atoms with Crippen molar-refractivity contribution in [2.24, 2.45) is 5.92 Å². The molecule has 3 nitrogen and oxygen atoms in total. The van der Waals surface area contributed by atoms with E-state index in [0.717, 1.165) is 29.8 Å². The Hall–Kier alpha value is -1.92. The van der Waals surface area contributed by atoms with Gasteiger partial charge in [0.25, 0.3) is 0 Å². The lowest BCUT2D eigenvalue weighted by Gasteiger charge is -2.32. The Morgan fingerprint density at radius 2 is 1.44 bits per heavy atom. The zero-order valence-corrected chi connectivity index (χ0v) is 22.5. The van der Waals surface area contributed by atoms with Gasteiger partial charge in [-0.3, -0.25) is 0 Å². The predicted molar refractivity (Wildman–Crippen MR) is 142 cm³/mol. The highest BCUT2D eigenvalue weighted by molar-refractivity contribution is 6.62. The van der Waals surface area contributed by atoms with Gasteiger partial charge >= 0.3 is 13.2 Å². The van der Waals surface area contributed by atoms with Crippen molar-refractivity contribution in [3.05, 3.63) is 59.7 Å². The number of hydrogen-bond acceptors (Lipinski definition) is 3. The highest BCUT2D eigenvalue weighted by Gasteiger charge is 2.51. The molecule has 6 heteroatoms. The summed E-state index contributed by atoms with van der Waals surface area (Å²) in [6.45, 7) is 10.2. The Morgan fingerprint density at radius 3 is 2.00 bits per heavy atom. The summed E-state index contributed by atoms with van der Waals surface area (Å²) in [6, 6.07) is 13.3. The average molecular weight is 498 g/mol. The summed E-state index contributed by atoms with van der Waals surface area (Å²) in [6.07, 6.45) is 6.63. The van der Waals surface area contributed by atoms with Gasteiger partial charge < -0.3 is 14.0 Å². The van der Waals surface area contributed by atoms with Gasteiger partial charge in [-0.15, -0.1) is 0 Å². The number of alkyl halides is 2. The van der Waals surface area contributed by atoms with Crippen LogP contribution in [-0.2, 0) is 15.4 Å². The first kappa shape index (κ1) is 27.1. The summed E-state index contributed by atoms with van der Waals surface area (Å²) in [4.78, 5) is 0. The van der Waals surface area contributed by atoms with E-state index in [-0.39, 0.29) is 11.3 Å². The lowest BCUT2D eigenvalue weighted by atomic mass is 9.77. The Balaban J connectivity index is 1.33. The topological polar surface area (TPSA) is 27.7 Å². The highest BCUT2D eigenvalue weighted by Crippen LogP contribution is 2.39. The van der Waals surface area contributed by atoms with E-state index in [0.29, 0.717) is 5.92 Å². The maximum atomic E-state index is 14.9. The molecule has 2 aromatic carbocycles. The molecule has 196 valence electrons. The van der Waals surface area contributed by atoms with Gasteiger partial charge in [-0.1, -0.05) is 56.9 Å². The molecule has 0 radical (unpaired) electrons. The Labute approximate surface area is 216 Å². The molecule has 0 aromatic heterocycles. The lowest BCUT2D eigenvalue weighted by molar-refractivity contribution is -0.185. The van der Waals surface area contributed by atoms with Crippen molar-refractivity contribution in [2.45, 2.75) is 109 Å². The van der Waals surface area contributed by atoms with E-state index in [2.05, 4.69) is 6.92 Å². The largest absolute Gasteiger partial charge is 0.494 e. The van der Waals surface area contributed by atoms with Crippen LogP contribution < -0.4 is 10.2 Å². The van der Waals surface area contributed by atoms with Gasteiger partial charge in [0.2, 0.25) is 0 Å². The maximum Gasteiger partial charge on any atom is 0.494 e. The molecule has 1 saturated heterocycles. The van der Waals surface area contributed by atoms with Gasteiger partial charge in [-0.25, -0.2) is 0 Å². The van der Waals surface area contributed by atoms with Gasteiger partial charge in [-0.2, -0.15) is 8.78 Å². The molecular weight excluding hydrogens is 457 g/mol. The van der Waals surface area contributed by atoms with Crippen LogP contribution in [0, 0.1) is 5.92 Å². The minimum atomic E-state index is -3.42. The monoisotopic (exact) mass is 498 g/mol. The van der Waals surface area contributed by atoms with Crippen molar-refractivity contribution in [3.8, 4) is 5.75 Å². The minimum Gasteiger partial charge on any atom is -0.429 e. The molecule has 0 bridgehead atoms. The molecule has 1 aliphatic heterocycles. The third-order valence-corrected chi connectivity index (χ3v) is 8.43. The molecule has 1 saturated carbocycles. The predicted octanol–water partition coefficient (Wildman–Crippen LogP) is 7.97. The number of rotatable bonds is 9. The van der Waals surface area contributed by atoms with Gasteiger partial charge in [0.15, 0.2) is 0 Å². The molecule has 0 N–H and O–H groups in total. The molecule has 4 rings (SSSR count). The zero-order chi connectivity index (χ0) is 26.0. The first-order valence-corrected chi connectivity index (χ1v) is 13.6. The molecule has 2 aromatic rings. The third-order valence-electron chi connectivity index (χ3n) is 8.43. The molecule has 1 aliphatic carbocycles. The smallest absolute Gasteiger partial charge is 0.429 e. The van der Waals surface area contributed by atoms with E-state index in [1.165, 1.54) is 50.7 Å². The number of halogens is 2. The molecule has 36 heavy (non-hydrogen) atoms. The minimum absolute atomic E-state index is 0.103. The second-order valence-corrected chi connectivity index (χ2v) is 11.6. The van der Waals surface area contributed by atoms with E-state index in [9.17, 15) is 8.78 Å². The quantitative estimate of drug-likeness (QED) is 0.259. The number of hydrogen-bond donors (Lipinski definition) is 0. The standard InChI is InChI=1S/C30H41BF2O3/c1-6-7-8-9-22-10-12-23(13-11-22)24-14-16-25(17-15-24)30(32,33)34-27-20-18-26(19-21-27)31-35-28(2,3)29(4,5)36-31/h14-23H,6-13H2,1-5H3. The van der Waals surface area contributed by atoms with Crippen LogP contribution in [0.3, 0.4) is 0 Å². The van der Waals surface area contributed by atoms with Crippen LogP contribution in [0.2, 0.25) is 0 Å². The summed E-state index contributed by atoms with van der Waals surface area (Å²) in [5.41, 5.74) is 0.886. The normalized spacial score (nSPS) is 23.6. The molecule has 2 fully saturated rings. The van der Waals surface area contributed by atoms with Crippen molar-refractivity contribution >= 4 is 12.6 Å². The van der Waals surface area contributed by atoms with Crippen LogP contribution in [0.4, 0.5) is 8.78 Å². The van der Waals surface area contributed by atoms with E-state index in [1.807, 2.05) is 39.8 Å². The fourth-order valence-electron chi connectivity index (χ4n) is 5.30. The van der Waals surface area contributed by atoms with Gasteiger partial charge in [0, 0.05) is 0 Å². The van der Waals surface area contributed by atoms with Crippen LogP contribution in [0.5, 0.6) is 5.75 Å². The summed E-state index contributed by atoms with van der Waals surface area (Å²) in [5, 5.41) is 0. The first-order chi connectivity index (χ1) is 17.0. The summed E-state index contributed by atoms with van der Waals surface area (Å²) >= 11 is 0. The van der Waals surface area contributed by atoms with Crippen LogP contribution in [0.25, 0.3) is 0 Å². The van der Waals surface area contributed by atoms with E-state index in [4.69, 9.17) is 14.0 Å². The fourth-order valence-corrected chi connectivity index (χ4v) is 5.30. The second-order valence-electron chi connectivity index (χ2n) is 11.6. The molecular formula is C30H41BF2O3. The summed E-state index contributed by atoms with van der Waals surface area (Å²) < 4.78 is 47.1. The molecule has 0 unspecified atom stereocenters. The molecule has 2 aliphatic rings. The summed E-state index contributed by atoms with van der Waals surface area (Å²) in [7, 11) is -0.538. The van der Waals surface area contributed by atoms with E-state index >= 15 is 0 Å².